The summed E-state index contributed by atoms with van der Waals surface area (Å²) in [7, 11) is 0. The summed E-state index contributed by atoms with van der Waals surface area (Å²) >= 11 is 0. The number of hydrogen-bond acceptors (Lipinski definition) is 2. The van der Waals surface area contributed by atoms with E-state index in [-0.39, 0.29) is 0 Å². The quantitative estimate of drug-likeness (QED) is 0.735. The lowest BCUT2D eigenvalue weighted by molar-refractivity contribution is -0.275. The number of hydrogen-bond donors (Lipinski definition) is 1. The van der Waals surface area contributed by atoms with Gasteiger partial charge >= 0.3 is 6.36 Å². The number of alkyl halides is 3. The second kappa shape index (κ2) is 3.12. The Morgan fingerprint density at radius 2 is 2.00 bits per heavy atom. The number of pyridine rings is 1. The molecule has 0 bridgehead atoms. The number of aromatic amines is 1. The van der Waals surface area contributed by atoms with Crippen LogP contribution >= 0.6 is 0 Å². The standard InChI is InChI=1S/C7H6F3NO2/c1-4-2-3-5(6(12)11-4)13-7(8,9)10/h2-3H,1H3,(H,11,12). The van der Waals surface area contributed by atoms with Crippen molar-refractivity contribution in [2.75, 3.05) is 0 Å². The normalized spacial score (nSPS) is 11.4. The van der Waals surface area contributed by atoms with Crippen molar-refractivity contribution in [2.45, 2.75) is 13.3 Å². The molecular weight excluding hydrogens is 187 g/mol. The summed E-state index contributed by atoms with van der Waals surface area (Å²) in [6.07, 6.45) is -4.83. The van der Waals surface area contributed by atoms with Crippen LogP contribution in [0, 0.1) is 6.92 Å². The molecular formula is C7H6F3NO2. The smallest absolute Gasteiger partial charge is 0.400 e. The second-order valence-electron chi connectivity index (χ2n) is 2.38. The van der Waals surface area contributed by atoms with Gasteiger partial charge in [-0.2, -0.15) is 0 Å². The zero-order chi connectivity index (χ0) is 10.1. The minimum Gasteiger partial charge on any atom is -0.400 e. The molecule has 0 atom stereocenters. The Morgan fingerprint density at radius 3 is 2.46 bits per heavy atom. The van der Waals surface area contributed by atoms with Crippen LogP contribution < -0.4 is 10.3 Å². The van der Waals surface area contributed by atoms with E-state index in [4.69, 9.17) is 0 Å². The number of H-pyrrole nitrogens is 1. The molecule has 0 radical (unpaired) electrons. The monoisotopic (exact) mass is 193 g/mol. The third-order valence-electron chi connectivity index (χ3n) is 1.24. The van der Waals surface area contributed by atoms with Gasteiger partial charge in [-0.15, -0.1) is 13.2 Å². The molecule has 0 amide bonds. The maximum absolute atomic E-state index is 11.6. The van der Waals surface area contributed by atoms with Gasteiger partial charge in [-0.3, -0.25) is 4.79 Å². The van der Waals surface area contributed by atoms with E-state index in [9.17, 15) is 18.0 Å². The first kappa shape index (κ1) is 9.63. The van der Waals surface area contributed by atoms with Crippen molar-refractivity contribution < 1.29 is 17.9 Å². The lowest BCUT2D eigenvalue weighted by atomic mass is 10.4. The van der Waals surface area contributed by atoms with Crippen LogP contribution in [-0.2, 0) is 0 Å². The number of ether oxygens (including phenoxy) is 1. The van der Waals surface area contributed by atoms with Crippen LogP contribution in [0.4, 0.5) is 13.2 Å². The van der Waals surface area contributed by atoms with E-state index < -0.39 is 17.7 Å². The highest BCUT2D eigenvalue weighted by atomic mass is 19.4. The van der Waals surface area contributed by atoms with Crippen LogP contribution in [-0.4, -0.2) is 11.3 Å². The van der Waals surface area contributed by atoms with Gasteiger partial charge in [-0.25, -0.2) is 0 Å². The van der Waals surface area contributed by atoms with Crippen LogP contribution in [0.15, 0.2) is 16.9 Å². The van der Waals surface area contributed by atoms with Crippen molar-refractivity contribution >= 4 is 0 Å². The summed E-state index contributed by atoms with van der Waals surface area (Å²) < 4.78 is 38.4. The van der Waals surface area contributed by atoms with Crippen molar-refractivity contribution in [3.8, 4) is 5.75 Å². The first-order chi connectivity index (χ1) is 5.88. The zero-order valence-electron chi connectivity index (χ0n) is 6.61. The lowest BCUT2D eigenvalue weighted by Gasteiger charge is -2.07. The number of halogens is 3. The average Bonchev–Trinajstić information content (AvgIpc) is 1.93. The SMILES string of the molecule is Cc1ccc(OC(F)(F)F)c(=O)[nH]1. The molecule has 1 rings (SSSR count). The van der Waals surface area contributed by atoms with Crippen LogP contribution in [0.2, 0.25) is 0 Å². The summed E-state index contributed by atoms with van der Waals surface area (Å²) in [5.41, 5.74) is -0.420. The van der Waals surface area contributed by atoms with Gasteiger partial charge in [-0.05, 0) is 19.1 Å². The summed E-state index contributed by atoms with van der Waals surface area (Å²) in [4.78, 5) is 13.0. The Kier molecular flexibility index (Phi) is 2.31. The fourth-order valence-corrected chi connectivity index (χ4v) is 0.764. The van der Waals surface area contributed by atoms with Crippen LogP contribution in [0.25, 0.3) is 0 Å². The molecule has 0 saturated heterocycles. The predicted molar refractivity (Wildman–Crippen MR) is 38.5 cm³/mol. The highest BCUT2D eigenvalue weighted by Crippen LogP contribution is 2.18. The molecule has 1 N–H and O–H groups in total. The molecule has 0 fully saturated rings. The van der Waals surface area contributed by atoms with E-state index in [1.165, 1.54) is 6.07 Å². The molecule has 6 heteroatoms. The first-order valence-electron chi connectivity index (χ1n) is 3.34. The number of aromatic nitrogens is 1. The molecule has 1 heterocycles. The van der Waals surface area contributed by atoms with Crippen molar-refractivity contribution in [1.82, 2.24) is 4.98 Å². The third kappa shape index (κ3) is 2.81. The molecule has 0 aliphatic rings. The summed E-state index contributed by atoms with van der Waals surface area (Å²) in [5, 5.41) is 0. The van der Waals surface area contributed by atoms with E-state index in [2.05, 4.69) is 9.72 Å². The molecule has 0 saturated carbocycles. The Balaban J connectivity index is 2.98. The maximum Gasteiger partial charge on any atom is 0.573 e. The van der Waals surface area contributed by atoms with E-state index in [1.807, 2.05) is 0 Å². The van der Waals surface area contributed by atoms with Crippen molar-refractivity contribution in [3.05, 3.63) is 28.2 Å². The molecule has 0 aromatic carbocycles. The Hall–Kier alpha value is -1.46. The molecule has 1 aromatic rings. The molecule has 0 aliphatic heterocycles. The van der Waals surface area contributed by atoms with Gasteiger partial charge in [0.05, 0.1) is 0 Å². The molecule has 1 aromatic heterocycles. The average molecular weight is 193 g/mol. The van der Waals surface area contributed by atoms with Gasteiger partial charge in [0.1, 0.15) is 0 Å². The second-order valence-corrected chi connectivity index (χ2v) is 2.38. The molecule has 0 spiro atoms. The van der Waals surface area contributed by atoms with E-state index in [0.717, 1.165) is 6.07 Å². The fraction of sp³-hybridized carbons (Fsp3) is 0.286. The highest BCUT2D eigenvalue weighted by molar-refractivity contribution is 5.19. The van der Waals surface area contributed by atoms with E-state index >= 15 is 0 Å². The lowest BCUT2D eigenvalue weighted by Crippen LogP contribution is -2.22. The van der Waals surface area contributed by atoms with Crippen molar-refractivity contribution in [1.29, 1.82) is 0 Å². The molecule has 0 aliphatic carbocycles. The van der Waals surface area contributed by atoms with Gasteiger partial charge in [0, 0.05) is 5.69 Å². The van der Waals surface area contributed by atoms with Gasteiger partial charge < -0.3 is 9.72 Å². The molecule has 3 nitrogen and oxygen atoms in total. The van der Waals surface area contributed by atoms with Crippen LogP contribution in [0.1, 0.15) is 5.69 Å². The summed E-state index contributed by atoms with van der Waals surface area (Å²) in [6.45, 7) is 1.55. The summed E-state index contributed by atoms with van der Waals surface area (Å²) in [5.74, 6) is -0.752. The minimum atomic E-state index is -4.83. The van der Waals surface area contributed by atoms with Crippen molar-refractivity contribution in [3.63, 3.8) is 0 Å². The number of rotatable bonds is 1. The largest absolute Gasteiger partial charge is 0.573 e. The molecule has 13 heavy (non-hydrogen) atoms. The first-order valence-corrected chi connectivity index (χ1v) is 3.34. The fourth-order valence-electron chi connectivity index (χ4n) is 0.764. The van der Waals surface area contributed by atoms with Crippen LogP contribution in [0.3, 0.4) is 0 Å². The molecule has 72 valence electrons. The zero-order valence-corrected chi connectivity index (χ0v) is 6.61. The van der Waals surface area contributed by atoms with Gasteiger partial charge in [-0.1, -0.05) is 0 Å². The van der Waals surface area contributed by atoms with E-state index in [1.54, 1.807) is 6.92 Å². The van der Waals surface area contributed by atoms with Gasteiger partial charge in [0.25, 0.3) is 5.56 Å². The van der Waals surface area contributed by atoms with E-state index in [0.29, 0.717) is 5.69 Å². The number of aryl methyl sites for hydroxylation is 1. The Labute approximate surface area is 71.2 Å². The Bertz CT molecular complexity index is 355. The van der Waals surface area contributed by atoms with Crippen molar-refractivity contribution in [2.24, 2.45) is 0 Å². The molecule has 0 unspecified atom stereocenters. The predicted octanol–water partition coefficient (Wildman–Crippen LogP) is 1.58. The highest BCUT2D eigenvalue weighted by Gasteiger charge is 2.32. The van der Waals surface area contributed by atoms with Crippen LogP contribution in [0.5, 0.6) is 5.75 Å². The van der Waals surface area contributed by atoms with Gasteiger partial charge in [0.15, 0.2) is 5.75 Å². The maximum atomic E-state index is 11.6. The Morgan fingerprint density at radius 1 is 1.38 bits per heavy atom. The minimum absolute atomic E-state index is 0.472. The third-order valence-corrected chi connectivity index (χ3v) is 1.24. The summed E-state index contributed by atoms with van der Waals surface area (Å²) in [6, 6.07) is 2.30. The van der Waals surface area contributed by atoms with Gasteiger partial charge in [0.2, 0.25) is 0 Å². The number of nitrogens with one attached hydrogen (secondary N) is 1. The topological polar surface area (TPSA) is 42.1 Å².